The number of benzene rings is 2. The summed E-state index contributed by atoms with van der Waals surface area (Å²) in [4.78, 5) is 4.19. The molecular weight excluding hydrogens is 429 g/mol. The average Bonchev–Trinajstić information content (AvgIpc) is 2.65. The van der Waals surface area contributed by atoms with Crippen molar-refractivity contribution in [1.82, 2.24) is 10.6 Å². The maximum Gasteiger partial charge on any atom is 0.191 e. The first-order valence-corrected chi connectivity index (χ1v) is 8.18. The monoisotopic (exact) mass is 455 g/mol. The number of hydrogen-bond acceptors (Lipinski definition) is 3. The van der Waals surface area contributed by atoms with E-state index in [2.05, 4.69) is 15.6 Å². The van der Waals surface area contributed by atoms with Crippen molar-refractivity contribution >= 4 is 29.9 Å². The summed E-state index contributed by atoms with van der Waals surface area (Å²) in [5.74, 6) is 2.55. The molecule has 6 heteroatoms. The van der Waals surface area contributed by atoms with Gasteiger partial charge in [-0.1, -0.05) is 36.4 Å². The average molecular weight is 455 g/mol. The molecule has 0 aliphatic rings. The number of ether oxygens (including phenoxy) is 2. The van der Waals surface area contributed by atoms with Crippen molar-refractivity contribution in [2.24, 2.45) is 4.99 Å². The lowest BCUT2D eigenvalue weighted by atomic mass is 10.3. The van der Waals surface area contributed by atoms with Crippen LogP contribution >= 0.6 is 24.0 Å². The van der Waals surface area contributed by atoms with Crippen molar-refractivity contribution in [3.8, 4) is 11.5 Å². The Labute approximate surface area is 166 Å². The van der Waals surface area contributed by atoms with Crippen LogP contribution in [0.3, 0.4) is 0 Å². The van der Waals surface area contributed by atoms with Crippen LogP contribution in [0.4, 0.5) is 0 Å². The van der Waals surface area contributed by atoms with Crippen LogP contribution in [-0.4, -0.2) is 39.3 Å². The molecule has 0 atom stereocenters. The van der Waals surface area contributed by atoms with Crippen LogP contribution in [-0.2, 0) is 0 Å². The molecule has 0 bridgehead atoms. The number of halogens is 1. The normalized spacial score (nSPS) is 10.5. The van der Waals surface area contributed by atoms with Crippen molar-refractivity contribution in [3.05, 3.63) is 60.7 Å². The number of rotatable bonds is 9. The van der Waals surface area contributed by atoms with Gasteiger partial charge in [-0.25, -0.2) is 0 Å². The minimum Gasteiger partial charge on any atom is -0.494 e. The maximum atomic E-state index is 5.65. The highest BCUT2D eigenvalue weighted by Crippen LogP contribution is 2.08. The summed E-state index contributed by atoms with van der Waals surface area (Å²) >= 11 is 0. The van der Waals surface area contributed by atoms with Crippen LogP contribution in [0.25, 0.3) is 0 Å². The van der Waals surface area contributed by atoms with E-state index in [9.17, 15) is 0 Å². The van der Waals surface area contributed by atoms with Gasteiger partial charge in [-0.05, 0) is 30.7 Å². The maximum absolute atomic E-state index is 5.65. The molecule has 136 valence electrons. The fraction of sp³-hybridized carbons (Fsp3) is 0.316. The fourth-order valence-electron chi connectivity index (χ4n) is 2.06. The lowest BCUT2D eigenvalue weighted by Crippen LogP contribution is -2.40. The Morgan fingerprint density at radius 3 is 1.88 bits per heavy atom. The molecular formula is C19H26IN3O2. The Balaban J connectivity index is 0.00000312. The first-order chi connectivity index (χ1) is 11.9. The van der Waals surface area contributed by atoms with E-state index in [0.29, 0.717) is 19.8 Å². The van der Waals surface area contributed by atoms with Gasteiger partial charge in [0.15, 0.2) is 5.96 Å². The number of hydrogen-bond donors (Lipinski definition) is 2. The molecule has 0 spiro atoms. The van der Waals surface area contributed by atoms with Crippen molar-refractivity contribution in [2.75, 3.05) is 33.4 Å². The SMILES string of the molecule is CN=C(NCCCOc1ccccc1)NCCOc1ccccc1.I. The molecule has 0 heterocycles. The quantitative estimate of drug-likeness (QED) is 0.264. The van der Waals surface area contributed by atoms with Crippen LogP contribution < -0.4 is 20.1 Å². The Kier molecular flexibility index (Phi) is 11.3. The number of para-hydroxylation sites is 2. The van der Waals surface area contributed by atoms with Crippen molar-refractivity contribution in [2.45, 2.75) is 6.42 Å². The third kappa shape index (κ3) is 9.19. The Hall–Kier alpha value is -1.96. The number of aliphatic imine (C=N–C) groups is 1. The Bertz CT molecular complexity index is 594. The van der Waals surface area contributed by atoms with Crippen molar-refractivity contribution in [3.63, 3.8) is 0 Å². The van der Waals surface area contributed by atoms with Gasteiger partial charge < -0.3 is 20.1 Å². The summed E-state index contributed by atoms with van der Waals surface area (Å²) < 4.78 is 11.3. The van der Waals surface area contributed by atoms with E-state index in [4.69, 9.17) is 9.47 Å². The number of guanidine groups is 1. The van der Waals surface area contributed by atoms with Crippen LogP contribution in [0.15, 0.2) is 65.7 Å². The van der Waals surface area contributed by atoms with E-state index in [0.717, 1.165) is 30.4 Å². The molecule has 2 aromatic rings. The summed E-state index contributed by atoms with van der Waals surface area (Å²) in [5, 5.41) is 6.48. The Morgan fingerprint density at radius 2 is 1.32 bits per heavy atom. The number of nitrogens with one attached hydrogen (secondary N) is 2. The summed E-state index contributed by atoms with van der Waals surface area (Å²) in [6.45, 7) is 2.74. The van der Waals surface area contributed by atoms with Crippen molar-refractivity contribution in [1.29, 1.82) is 0 Å². The standard InChI is InChI=1S/C19H25N3O2.HI/c1-20-19(22-14-16-24-18-11-6-3-7-12-18)21-13-8-15-23-17-9-4-2-5-10-17;/h2-7,9-12H,8,13-16H2,1H3,(H2,20,21,22);1H. The zero-order chi connectivity index (χ0) is 16.9. The summed E-state index contributed by atoms with van der Waals surface area (Å²) in [6, 6.07) is 19.6. The smallest absolute Gasteiger partial charge is 0.191 e. The molecule has 0 saturated carbocycles. The third-order valence-electron chi connectivity index (χ3n) is 3.26. The van der Waals surface area contributed by atoms with E-state index in [-0.39, 0.29) is 24.0 Å². The highest BCUT2D eigenvalue weighted by atomic mass is 127. The number of nitrogens with zero attached hydrogens (tertiary/aromatic N) is 1. The first-order valence-electron chi connectivity index (χ1n) is 8.18. The Morgan fingerprint density at radius 1 is 0.800 bits per heavy atom. The first kappa shape index (κ1) is 21.1. The molecule has 2 rings (SSSR count). The third-order valence-corrected chi connectivity index (χ3v) is 3.26. The lowest BCUT2D eigenvalue weighted by Gasteiger charge is -2.12. The molecule has 0 fully saturated rings. The van der Waals surface area contributed by atoms with Crippen LogP contribution in [0, 0.1) is 0 Å². The summed E-state index contributed by atoms with van der Waals surface area (Å²) in [7, 11) is 1.76. The van der Waals surface area contributed by atoms with Gasteiger partial charge in [0.2, 0.25) is 0 Å². The second kappa shape index (κ2) is 13.3. The minimum atomic E-state index is 0. The highest BCUT2D eigenvalue weighted by Gasteiger charge is 1.98. The molecule has 0 aromatic heterocycles. The van der Waals surface area contributed by atoms with Gasteiger partial charge >= 0.3 is 0 Å². The molecule has 5 nitrogen and oxygen atoms in total. The second-order valence-corrected chi connectivity index (χ2v) is 5.10. The van der Waals surface area contributed by atoms with E-state index in [1.54, 1.807) is 7.05 Å². The zero-order valence-electron chi connectivity index (χ0n) is 14.5. The van der Waals surface area contributed by atoms with Crippen molar-refractivity contribution < 1.29 is 9.47 Å². The molecule has 0 unspecified atom stereocenters. The van der Waals surface area contributed by atoms with Gasteiger partial charge in [-0.3, -0.25) is 4.99 Å². The molecule has 0 amide bonds. The van der Waals surface area contributed by atoms with E-state index < -0.39 is 0 Å². The summed E-state index contributed by atoms with van der Waals surface area (Å²) in [5.41, 5.74) is 0. The largest absolute Gasteiger partial charge is 0.494 e. The zero-order valence-corrected chi connectivity index (χ0v) is 16.8. The highest BCUT2D eigenvalue weighted by molar-refractivity contribution is 14.0. The predicted octanol–water partition coefficient (Wildman–Crippen LogP) is 3.32. The van der Waals surface area contributed by atoms with Gasteiger partial charge in [0.05, 0.1) is 13.2 Å². The van der Waals surface area contributed by atoms with Gasteiger partial charge in [-0.2, -0.15) is 0 Å². The van der Waals surface area contributed by atoms with Gasteiger partial charge in [-0.15, -0.1) is 24.0 Å². The fourth-order valence-corrected chi connectivity index (χ4v) is 2.06. The van der Waals surface area contributed by atoms with E-state index in [1.165, 1.54) is 0 Å². The van der Waals surface area contributed by atoms with Gasteiger partial charge in [0, 0.05) is 13.6 Å². The van der Waals surface area contributed by atoms with E-state index in [1.807, 2.05) is 60.7 Å². The second-order valence-electron chi connectivity index (χ2n) is 5.10. The molecule has 0 saturated heterocycles. The topological polar surface area (TPSA) is 54.9 Å². The van der Waals surface area contributed by atoms with Crippen LogP contribution in [0.5, 0.6) is 11.5 Å². The van der Waals surface area contributed by atoms with Crippen LogP contribution in [0.2, 0.25) is 0 Å². The molecule has 2 aromatic carbocycles. The molecule has 2 N–H and O–H groups in total. The van der Waals surface area contributed by atoms with Gasteiger partial charge in [0.25, 0.3) is 0 Å². The molecule has 0 radical (unpaired) electrons. The molecule has 25 heavy (non-hydrogen) atoms. The minimum absolute atomic E-state index is 0. The van der Waals surface area contributed by atoms with Crippen LogP contribution in [0.1, 0.15) is 6.42 Å². The molecule has 0 aliphatic carbocycles. The summed E-state index contributed by atoms with van der Waals surface area (Å²) in [6.07, 6.45) is 0.899. The predicted molar refractivity (Wildman–Crippen MR) is 113 cm³/mol. The van der Waals surface area contributed by atoms with E-state index >= 15 is 0 Å². The molecule has 0 aliphatic heterocycles. The lowest BCUT2D eigenvalue weighted by molar-refractivity contribution is 0.310. The van der Waals surface area contributed by atoms with Gasteiger partial charge in [0.1, 0.15) is 18.1 Å².